The van der Waals surface area contributed by atoms with Crippen LogP contribution in [0.4, 0.5) is 11.4 Å². The molecule has 0 bridgehead atoms. The molecule has 16 heteroatoms. The van der Waals surface area contributed by atoms with Crippen LogP contribution < -0.4 is 0 Å². The Balaban J connectivity index is 0.00000481. The van der Waals surface area contributed by atoms with Crippen molar-refractivity contribution in [3.05, 3.63) is 77.4 Å². The first-order chi connectivity index (χ1) is 17.1. The zero-order valence-corrected chi connectivity index (χ0v) is 21.1. The standard InChI is InChI=1S/C21H16N4O9S2.Cu/c1-12-9-15(36(30,31)32)11-18(19(12)26)23-25-20(13-5-3-2-4-6-13)24-22-17-10-14(35-34-33-29)7-8-16(17)21(27)28;/h2-11H,1H3,(H3,27,28,29,30,31,32);/p+1. The fourth-order valence-electron chi connectivity index (χ4n) is 2.76. The third-order valence-corrected chi connectivity index (χ3v) is 5.86. The van der Waals surface area contributed by atoms with E-state index in [-0.39, 0.29) is 51.2 Å². The van der Waals surface area contributed by atoms with Gasteiger partial charge >= 0.3 is 11.8 Å². The molecule has 0 unspecified atom stereocenters. The summed E-state index contributed by atoms with van der Waals surface area (Å²) in [6, 6.07) is 14.2. The Bertz CT molecular complexity index is 1490. The summed E-state index contributed by atoms with van der Waals surface area (Å²) in [4.78, 5) is 15.4. The van der Waals surface area contributed by atoms with Gasteiger partial charge in [-0.3, -0.25) is 4.55 Å². The van der Waals surface area contributed by atoms with E-state index >= 15 is 0 Å². The SMILES string of the molecule is Cc1cc(S(=O)(=O)O)cc(N=[N+]=C(N=Nc2cc(SOOO)ccc2C(=O)O)c2ccccc2)c1O.[Cu]. The number of carboxylic acids is 1. The van der Waals surface area contributed by atoms with Gasteiger partial charge < -0.3 is 10.2 Å². The number of aromatic hydroxyl groups is 1. The van der Waals surface area contributed by atoms with Crippen molar-refractivity contribution in [1.29, 1.82) is 0 Å². The zero-order chi connectivity index (χ0) is 26.3. The average Bonchev–Trinajstić information content (AvgIpc) is 2.84. The molecule has 0 atom stereocenters. The molecule has 0 saturated heterocycles. The smallest absolute Gasteiger partial charge is 0.477 e. The second-order valence-electron chi connectivity index (χ2n) is 6.88. The van der Waals surface area contributed by atoms with Gasteiger partial charge in [0, 0.05) is 27.1 Å². The number of nitrogens with zero attached hydrogens (tertiary/aromatic N) is 4. The number of carboxylic acid groups (broad SMARTS) is 1. The summed E-state index contributed by atoms with van der Waals surface area (Å²) >= 11 is 0.587. The maximum Gasteiger partial charge on any atom is 0.477 e. The van der Waals surface area contributed by atoms with Crippen LogP contribution in [0.3, 0.4) is 0 Å². The number of amidine groups is 1. The van der Waals surface area contributed by atoms with Crippen LogP contribution in [0.15, 0.2) is 85.8 Å². The molecule has 13 nitrogen and oxygen atoms in total. The van der Waals surface area contributed by atoms with Crippen molar-refractivity contribution in [1.82, 2.24) is 0 Å². The van der Waals surface area contributed by atoms with Crippen LogP contribution in [0.5, 0.6) is 5.75 Å². The number of hydrogen-bond donors (Lipinski definition) is 4. The minimum Gasteiger partial charge on any atom is -0.505 e. The first kappa shape index (κ1) is 29.8. The fourth-order valence-corrected chi connectivity index (χ4v) is 3.74. The van der Waals surface area contributed by atoms with E-state index in [1.807, 2.05) is 0 Å². The van der Waals surface area contributed by atoms with E-state index in [1.165, 1.54) is 25.1 Å². The molecule has 4 N–H and O–H groups in total. The van der Waals surface area contributed by atoms with E-state index in [2.05, 4.69) is 29.5 Å². The van der Waals surface area contributed by atoms with E-state index in [1.54, 1.807) is 30.3 Å². The molecule has 0 aliphatic rings. The van der Waals surface area contributed by atoms with Gasteiger partial charge in [-0.1, -0.05) is 28.0 Å². The van der Waals surface area contributed by atoms with Crippen molar-refractivity contribution >= 4 is 45.3 Å². The number of hydrogen-bond acceptors (Lipinski definition) is 10. The quantitative estimate of drug-likeness (QED) is 0.0327. The van der Waals surface area contributed by atoms with Crippen LogP contribution >= 0.6 is 12.0 Å². The van der Waals surface area contributed by atoms with E-state index in [0.29, 0.717) is 22.5 Å². The van der Waals surface area contributed by atoms with Crippen LogP contribution in [-0.4, -0.2) is 45.0 Å². The minimum atomic E-state index is -4.58. The van der Waals surface area contributed by atoms with Gasteiger partial charge in [0.2, 0.25) is 0 Å². The molecule has 3 aromatic carbocycles. The molecular formula is C21H17CuN4O9S2+. The van der Waals surface area contributed by atoms with Gasteiger partial charge in [-0.15, -0.1) is 4.33 Å². The summed E-state index contributed by atoms with van der Waals surface area (Å²) in [5.74, 6) is -1.78. The number of phenols is 1. The van der Waals surface area contributed by atoms with E-state index < -0.39 is 21.0 Å². The van der Waals surface area contributed by atoms with Gasteiger partial charge in [-0.05, 0) is 60.1 Å². The second-order valence-corrected chi connectivity index (χ2v) is 9.08. The molecule has 0 heterocycles. The molecule has 0 aliphatic heterocycles. The number of carbonyl (C=O) groups is 1. The van der Waals surface area contributed by atoms with Crippen molar-refractivity contribution in [2.45, 2.75) is 16.7 Å². The molecule has 37 heavy (non-hydrogen) atoms. The molecule has 3 aromatic rings. The van der Waals surface area contributed by atoms with Gasteiger partial charge in [-0.2, -0.15) is 8.42 Å². The van der Waals surface area contributed by atoms with Gasteiger partial charge in [0.25, 0.3) is 10.1 Å². The molecule has 0 aliphatic carbocycles. The summed E-state index contributed by atoms with van der Waals surface area (Å²) in [6.07, 6.45) is 0. The van der Waals surface area contributed by atoms with Crippen LogP contribution in [0, 0.1) is 6.92 Å². The van der Waals surface area contributed by atoms with E-state index in [0.717, 1.165) is 12.1 Å². The maximum absolute atomic E-state index is 11.6. The zero-order valence-electron chi connectivity index (χ0n) is 18.5. The predicted molar refractivity (Wildman–Crippen MR) is 124 cm³/mol. The van der Waals surface area contributed by atoms with Crippen LogP contribution in [-0.2, 0) is 36.6 Å². The number of benzene rings is 3. The Hall–Kier alpha value is -3.43. The van der Waals surface area contributed by atoms with E-state index in [9.17, 15) is 28.0 Å². The number of aryl methyl sites for hydroxylation is 1. The first-order valence-corrected chi connectivity index (χ1v) is 11.9. The van der Waals surface area contributed by atoms with Crippen LogP contribution in [0.2, 0.25) is 0 Å². The topological polar surface area (TPSA) is 202 Å². The predicted octanol–water partition coefficient (Wildman–Crippen LogP) is 4.59. The number of azo groups is 1. The molecule has 0 amide bonds. The maximum atomic E-state index is 11.6. The molecule has 0 spiro atoms. The van der Waals surface area contributed by atoms with Crippen molar-refractivity contribution in [2.75, 3.05) is 0 Å². The normalized spacial score (nSPS) is 11.0. The number of rotatable bonds is 8. The molecule has 3 rings (SSSR count). The molecular weight excluding hydrogens is 580 g/mol. The number of phenolic OH excluding ortho intramolecular Hbond substituents is 1. The summed E-state index contributed by atoms with van der Waals surface area (Å²) in [6.45, 7) is 1.41. The molecule has 0 aromatic heterocycles. The van der Waals surface area contributed by atoms with Gasteiger partial charge in [0.05, 0.1) is 28.1 Å². The Morgan fingerprint density at radius 3 is 2.38 bits per heavy atom. The van der Waals surface area contributed by atoms with Crippen molar-refractivity contribution < 1.29 is 64.5 Å². The third kappa shape index (κ3) is 8.03. The molecule has 197 valence electrons. The van der Waals surface area contributed by atoms with Crippen molar-refractivity contribution in [2.24, 2.45) is 15.3 Å². The Morgan fingerprint density at radius 2 is 1.76 bits per heavy atom. The summed E-state index contributed by atoms with van der Waals surface area (Å²) in [7, 11) is -4.58. The van der Waals surface area contributed by atoms with Gasteiger partial charge in [0.1, 0.15) is 16.6 Å². The van der Waals surface area contributed by atoms with Crippen molar-refractivity contribution in [3.63, 3.8) is 0 Å². The largest absolute Gasteiger partial charge is 0.505 e. The molecule has 0 saturated carbocycles. The molecule has 0 fully saturated rings. The first-order valence-electron chi connectivity index (χ1n) is 9.69. The van der Waals surface area contributed by atoms with Crippen LogP contribution in [0.25, 0.3) is 0 Å². The molecule has 1 radical (unpaired) electrons. The monoisotopic (exact) mass is 596 g/mol. The number of aromatic carboxylic acids is 1. The Labute approximate surface area is 224 Å². The second kappa shape index (κ2) is 13.2. The van der Waals surface area contributed by atoms with Gasteiger partial charge in [0.15, 0.2) is 5.69 Å². The average molecular weight is 597 g/mol. The summed E-state index contributed by atoms with van der Waals surface area (Å²) in [5, 5.41) is 43.4. The third-order valence-electron chi connectivity index (χ3n) is 4.45. The summed E-state index contributed by atoms with van der Waals surface area (Å²) < 4.78 is 36.7. The van der Waals surface area contributed by atoms with E-state index in [4.69, 9.17) is 5.26 Å². The fraction of sp³-hybridized carbons (Fsp3) is 0.0476. The van der Waals surface area contributed by atoms with Gasteiger partial charge in [-0.25, -0.2) is 10.1 Å². The Kier molecular flexibility index (Phi) is 10.6. The Morgan fingerprint density at radius 1 is 1.05 bits per heavy atom. The minimum absolute atomic E-state index is 0. The summed E-state index contributed by atoms with van der Waals surface area (Å²) in [5.41, 5.74) is -0.0312. The van der Waals surface area contributed by atoms with Crippen molar-refractivity contribution in [3.8, 4) is 5.75 Å². The van der Waals surface area contributed by atoms with Crippen LogP contribution in [0.1, 0.15) is 21.5 Å².